The molecular weight excluding hydrogens is 957 g/mol. The summed E-state index contributed by atoms with van der Waals surface area (Å²) < 4.78 is 0. The number of amides is 7. The van der Waals surface area contributed by atoms with Crippen LogP contribution in [0.1, 0.15) is 111 Å². The van der Waals surface area contributed by atoms with Gasteiger partial charge in [-0.2, -0.15) is 0 Å². The largest absolute Gasteiger partial charge is 0.480 e. The molecule has 25 heteroatoms. The van der Waals surface area contributed by atoms with Crippen LogP contribution in [-0.4, -0.2) is 138 Å². The molecule has 414 valence electrons. The molecule has 7 amide bonds. The van der Waals surface area contributed by atoms with E-state index in [-0.39, 0.29) is 81.8 Å². The number of para-hydroxylation sites is 1. The molecule has 1 aromatic carbocycles. The zero-order valence-electron chi connectivity index (χ0n) is 43.8. The zero-order valence-corrected chi connectivity index (χ0v) is 43.8. The van der Waals surface area contributed by atoms with Crippen LogP contribution in [0, 0.1) is 17.8 Å². The average Bonchev–Trinajstić information content (AvgIpc) is 3.76. The molecule has 9 atom stereocenters. The molecule has 0 aliphatic heterocycles. The second-order valence-corrected chi connectivity index (χ2v) is 19.1. The smallest absolute Gasteiger partial charge is 0.326 e. The summed E-state index contributed by atoms with van der Waals surface area (Å²) in [7, 11) is 0. The van der Waals surface area contributed by atoms with E-state index < -0.39 is 102 Å². The van der Waals surface area contributed by atoms with E-state index in [4.69, 9.17) is 34.4 Å². The molecule has 0 spiro atoms. The maximum Gasteiger partial charge on any atom is 0.326 e. The van der Waals surface area contributed by atoms with Gasteiger partial charge in [0.05, 0.1) is 12.6 Å². The average molecular weight is 1040 g/mol. The number of nitrogens with one attached hydrogen (secondary N) is 8. The van der Waals surface area contributed by atoms with Gasteiger partial charge in [0.25, 0.3) is 0 Å². The summed E-state index contributed by atoms with van der Waals surface area (Å²) >= 11 is 0. The number of aromatic nitrogens is 1. The summed E-state index contributed by atoms with van der Waals surface area (Å²) in [5.41, 5.74) is 35.3. The van der Waals surface area contributed by atoms with Gasteiger partial charge in [0.15, 0.2) is 11.9 Å². The SMILES string of the molecule is CC[C@H](C)[C@H](N)C(=O)N[C@@H](Cc1c[nH]c2ccccc12)C(=O)N[C@H](C(=O)NCC(=O)N[C@@H](CC(C)C)C(=O)N[C@@H](CCCN=C(N)N)C(=O)N[C@@H](CCCCN)C(=O)N[C@@H](CCCN=C(N)N)C(=O)O)[C@@H](C)CC. The molecule has 0 unspecified atom stereocenters. The summed E-state index contributed by atoms with van der Waals surface area (Å²) in [5, 5.41) is 29.4. The van der Waals surface area contributed by atoms with E-state index in [1.807, 2.05) is 58.9 Å². The van der Waals surface area contributed by atoms with Crippen LogP contribution in [-0.2, 0) is 44.8 Å². The molecular formula is C49H84N16O9. The number of unbranched alkanes of at least 4 members (excludes halogenated alkanes) is 1. The van der Waals surface area contributed by atoms with Gasteiger partial charge >= 0.3 is 5.97 Å². The molecule has 1 aromatic heterocycles. The highest BCUT2D eigenvalue weighted by Gasteiger charge is 2.34. The highest BCUT2D eigenvalue weighted by atomic mass is 16.4. The molecule has 0 radical (unpaired) electrons. The van der Waals surface area contributed by atoms with Crippen LogP contribution in [0.3, 0.4) is 0 Å². The monoisotopic (exact) mass is 1040 g/mol. The number of H-pyrrole nitrogens is 1. The third kappa shape index (κ3) is 22.4. The Labute approximate surface area is 433 Å². The van der Waals surface area contributed by atoms with Gasteiger partial charge in [0.1, 0.15) is 36.3 Å². The van der Waals surface area contributed by atoms with Crippen molar-refractivity contribution in [3.8, 4) is 0 Å². The van der Waals surface area contributed by atoms with Gasteiger partial charge < -0.3 is 81.7 Å². The van der Waals surface area contributed by atoms with Gasteiger partial charge in [-0.3, -0.25) is 43.5 Å². The third-order valence-electron chi connectivity index (χ3n) is 12.6. The molecule has 0 fully saturated rings. The normalized spacial score (nSPS) is 14.8. The van der Waals surface area contributed by atoms with E-state index in [1.165, 1.54) is 0 Å². The Morgan fingerprint density at radius 2 is 1.14 bits per heavy atom. The lowest BCUT2D eigenvalue weighted by molar-refractivity contribution is -0.142. The van der Waals surface area contributed by atoms with Crippen LogP contribution in [0.25, 0.3) is 10.9 Å². The number of aliphatic carboxylic acids is 1. The number of carbonyl (C=O) groups is 8. The molecule has 0 saturated heterocycles. The maximum atomic E-state index is 14.1. The minimum absolute atomic E-state index is 0.0183. The van der Waals surface area contributed by atoms with Crippen molar-refractivity contribution in [2.24, 2.45) is 62.1 Å². The summed E-state index contributed by atoms with van der Waals surface area (Å²) in [6, 6.07) is -0.756. The molecule has 2 aromatic rings. The van der Waals surface area contributed by atoms with Crippen molar-refractivity contribution in [1.82, 2.24) is 42.2 Å². The third-order valence-corrected chi connectivity index (χ3v) is 12.6. The molecule has 0 aliphatic rings. The molecule has 2 rings (SSSR count). The number of carboxylic acid groups (broad SMARTS) is 1. The number of hydrogen-bond acceptors (Lipinski definition) is 12. The Balaban J connectivity index is 2.31. The summed E-state index contributed by atoms with van der Waals surface area (Å²) in [6.45, 7) is 10.8. The molecule has 0 bridgehead atoms. The number of guanidine groups is 2. The highest BCUT2D eigenvalue weighted by Crippen LogP contribution is 2.20. The van der Waals surface area contributed by atoms with Gasteiger partial charge in [-0.25, -0.2) is 4.79 Å². The molecule has 0 aliphatic carbocycles. The number of carbonyl (C=O) groups excluding carboxylic acids is 7. The van der Waals surface area contributed by atoms with Crippen molar-refractivity contribution < 1.29 is 43.5 Å². The molecule has 74 heavy (non-hydrogen) atoms. The Morgan fingerprint density at radius 3 is 1.68 bits per heavy atom. The van der Waals surface area contributed by atoms with Crippen LogP contribution in [0.5, 0.6) is 0 Å². The summed E-state index contributed by atoms with van der Waals surface area (Å²) in [5.74, 6) is -7.37. The number of rotatable bonds is 35. The lowest BCUT2D eigenvalue weighted by Crippen LogP contribution is -2.59. The second-order valence-electron chi connectivity index (χ2n) is 19.1. The first-order valence-electron chi connectivity index (χ1n) is 25.5. The quantitative estimate of drug-likeness (QED) is 0.0213. The van der Waals surface area contributed by atoms with E-state index in [1.54, 1.807) is 13.1 Å². The first-order chi connectivity index (χ1) is 35.0. The zero-order chi connectivity index (χ0) is 55.5. The van der Waals surface area contributed by atoms with Crippen molar-refractivity contribution in [2.45, 2.75) is 154 Å². The number of fused-ring (bicyclic) bond motifs is 1. The molecule has 0 saturated carbocycles. The predicted octanol–water partition coefficient (Wildman–Crippen LogP) is -1.48. The van der Waals surface area contributed by atoms with Crippen molar-refractivity contribution in [3.63, 3.8) is 0 Å². The molecule has 1 heterocycles. The van der Waals surface area contributed by atoms with E-state index >= 15 is 0 Å². The van der Waals surface area contributed by atoms with Gasteiger partial charge in [-0.05, 0) is 87.3 Å². The minimum atomic E-state index is -1.34. The van der Waals surface area contributed by atoms with Crippen LogP contribution in [0.4, 0.5) is 0 Å². The van der Waals surface area contributed by atoms with Crippen LogP contribution in [0.2, 0.25) is 0 Å². The molecule has 21 N–H and O–H groups in total. The predicted molar refractivity (Wildman–Crippen MR) is 283 cm³/mol. The standard InChI is InChI=1S/C49H84N16O9/c1-7-28(5)39(51)45(71)64-37(24-30-25-58-32-16-10-9-15-31(30)32)44(70)65-40(29(6)8-2)46(72)59-26-38(66)60-36(23-27(3)4)43(69)62-34(18-13-21-56-48(52)53)41(67)61-33(17-11-12-20-50)42(68)63-35(47(73)74)19-14-22-57-49(54)55/h9-10,15-16,25,27-29,33-37,39-40,58H,7-8,11-14,17-24,26,50-51H2,1-6H3,(H,59,72)(H,60,66)(H,61,67)(H,62,69)(H,63,68)(H,64,71)(H,65,70)(H,73,74)(H4,52,53,56)(H4,54,55,57)/t28-,29-,33-,34-,35-,36-,37-,39-,40-/m0/s1. The van der Waals surface area contributed by atoms with E-state index in [9.17, 15) is 43.5 Å². The fourth-order valence-corrected chi connectivity index (χ4v) is 7.80. The van der Waals surface area contributed by atoms with Gasteiger partial charge in [-0.15, -0.1) is 0 Å². The van der Waals surface area contributed by atoms with Crippen molar-refractivity contribution in [3.05, 3.63) is 36.0 Å². The maximum absolute atomic E-state index is 14.1. The number of aliphatic imine (C=N–C) groups is 2. The van der Waals surface area contributed by atoms with Gasteiger partial charge in [0, 0.05) is 36.6 Å². The Hall–Kier alpha value is -7.02. The number of benzene rings is 1. The first kappa shape index (κ1) is 63.1. The number of nitrogens with two attached hydrogens (primary N) is 6. The number of aromatic amines is 1. The highest BCUT2D eigenvalue weighted by molar-refractivity contribution is 5.97. The topological polar surface area (TPSA) is 438 Å². The lowest BCUT2D eigenvalue weighted by Gasteiger charge is -2.28. The summed E-state index contributed by atoms with van der Waals surface area (Å²) in [6.07, 6.45) is 4.36. The minimum Gasteiger partial charge on any atom is -0.480 e. The second kappa shape index (κ2) is 32.9. The van der Waals surface area contributed by atoms with Gasteiger partial charge in [-0.1, -0.05) is 72.6 Å². The van der Waals surface area contributed by atoms with Crippen molar-refractivity contribution in [1.29, 1.82) is 0 Å². The number of carboxylic acids is 1. The van der Waals surface area contributed by atoms with Crippen molar-refractivity contribution in [2.75, 3.05) is 26.2 Å². The Morgan fingerprint density at radius 1 is 0.622 bits per heavy atom. The van der Waals surface area contributed by atoms with E-state index in [0.717, 1.165) is 16.5 Å². The molecule has 25 nitrogen and oxygen atoms in total. The number of nitrogens with zero attached hydrogens (tertiary/aromatic N) is 2. The Bertz CT molecular complexity index is 2210. The fraction of sp³-hybridized carbons (Fsp3) is 0.633. The van der Waals surface area contributed by atoms with Gasteiger partial charge in [0.2, 0.25) is 41.4 Å². The number of hydrogen-bond donors (Lipinski definition) is 15. The fourth-order valence-electron chi connectivity index (χ4n) is 7.80. The first-order valence-corrected chi connectivity index (χ1v) is 25.5. The van der Waals surface area contributed by atoms with Crippen LogP contribution in [0.15, 0.2) is 40.4 Å². The summed E-state index contributed by atoms with van der Waals surface area (Å²) in [4.78, 5) is 120. The van der Waals surface area contributed by atoms with E-state index in [0.29, 0.717) is 32.2 Å². The van der Waals surface area contributed by atoms with E-state index in [2.05, 4.69) is 52.2 Å². The van der Waals surface area contributed by atoms with Crippen molar-refractivity contribution >= 4 is 70.1 Å². The lowest BCUT2D eigenvalue weighted by atomic mass is 9.96. The van der Waals surface area contributed by atoms with Crippen LogP contribution < -0.4 is 71.6 Å². The Kier molecular flexibility index (Phi) is 28.1. The van der Waals surface area contributed by atoms with Crippen LogP contribution >= 0.6 is 0 Å².